The van der Waals surface area contributed by atoms with Crippen LogP contribution in [0.3, 0.4) is 0 Å². The van der Waals surface area contributed by atoms with Crippen LogP contribution >= 0.6 is 0 Å². The fourth-order valence-corrected chi connectivity index (χ4v) is 1.32. The predicted molar refractivity (Wildman–Crippen MR) is 59.7 cm³/mol. The Kier molecular flexibility index (Phi) is 3.31. The Balaban J connectivity index is 2.08. The van der Waals surface area contributed by atoms with Crippen molar-refractivity contribution in [3.05, 3.63) is 59.5 Å². The van der Waals surface area contributed by atoms with Crippen LogP contribution in [0.15, 0.2) is 42.5 Å². The normalized spacial score (nSPS) is 9.65. The van der Waals surface area contributed by atoms with E-state index in [1.807, 2.05) is 6.07 Å². The van der Waals surface area contributed by atoms with Crippen LogP contribution in [0, 0.1) is 17.1 Å². The second kappa shape index (κ2) is 5.08. The maximum absolute atomic E-state index is 13.3. The van der Waals surface area contributed by atoms with Gasteiger partial charge in [0.05, 0.1) is 0 Å². The monoisotopic (exact) mass is 228 g/mol. The van der Waals surface area contributed by atoms with Crippen molar-refractivity contribution >= 4 is 0 Å². The SMILES string of the molecule is N#Cc1cccc(OCc2ccccc2F)n1. The molecule has 4 heteroatoms. The van der Waals surface area contributed by atoms with Crippen LogP contribution in [0.5, 0.6) is 5.88 Å². The Labute approximate surface area is 98.1 Å². The van der Waals surface area contributed by atoms with Gasteiger partial charge >= 0.3 is 0 Å². The molecule has 0 saturated heterocycles. The summed E-state index contributed by atoms with van der Waals surface area (Å²) in [5.41, 5.74) is 0.729. The molecule has 0 spiro atoms. The van der Waals surface area contributed by atoms with E-state index < -0.39 is 0 Å². The van der Waals surface area contributed by atoms with Gasteiger partial charge in [0.25, 0.3) is 0 Å². The second-order valence-corrected chi connectivity index (χ2v) is 3.35. The summed E-state index contributed by atoms with van der Waals surface area (Å²) in [7, 11) is 0. The van der Waals surface area contributed by atoms with Crippen molar-refractivity contribution in [3.8, 4) is 11.9 Å². The lowest BCUT2D eigenvalue weighted by molar-refractivity contribution is 0.288. The fourth-order valence-electron chi connectivity index (χ4n) is 1.32. The highest BCUT2D eigenvalue weighted by atomic mass is 19.1. The van der Waals surface area contributed by atoms with Gasteiger partial charge in [-0.3, -0.25) is 0 Å². The Morgan fingerprint density at radius 2 is 2.00 bits per heavy atom. The maximum atomic E-state index is 13.3. The van der Waals surface area contributed by atoms with E-state index in [1.165, 1.54) is 6.07 Å². The lowest BCUT2D eigenvalue weighted by Crippen LogP contribution is -2.00. The molecular formula is C13H9FN2O. The third-order valence-corrected chi connectivity index (χ3v) is 2.17. The van der Waals surface area contributed by atoms with Gasteiger partial charge in [0.15, 0.2) is 0 Å². The van der Waals surface area contributed by atoms with Gasteiger partial charge in [-0.05, 0) is 12.1 Å². The molecule has 0 fully saturated rings. The highest BCUT2D eigenvalue weighted by Gasteiger charge is 2.02. The fraction of sp³-hybridized carbons (Fsp3) is 0.0769. The van der Waals surface area contributed by atoms with Gasteiger partial charge in [-0.15, -0.1) is 0 Å². The van der Waals surface area contributed by atoms with Gasteiger partial charge in [-0.25, -0.2) is 9.37 Å². The number of hydrogen-bond donors (Lipinski definition) is 0. The number of hydrogen-bond acceptors (Lipinski definition) is 3. The first kappa shape index (κ1) is 11.1. The summed E-state index contributed by atoms with van der Waals surface area (Å²) >= 11 is 0. The second-order valence-electron chi connectivity index (χ2n) is 3.35. The largest absolute Gasteiger partial charge is 0.473 e. The number of aromatic nitrogens is 1. The number of nitrogens with zero attached hydrogens (tertiary/aromatic N) is 2. The van der Waals surface area contributed by atoms with Gasteiger partial charge in [0.1, 0.15) is 24.2 Å². The Hall–Kier alpha value is -2.41. The van der Waals surface area contributed by atoms with E-state index in [9.17, 15) is 4.39 Å². The molecule has 0 atom stereocenters. The summed E-state index contributed by atoms with van der Waals surface area (Å²) in [4.78, 5) is 3.93. The van der Waals surface area contributed by atoms with E-state index in [2.05, 4.69) is 4.98 Å². The molecular weight excluding hydrogens is 219 g/mol. The minimum Gasteiger partial charge on any atom is -0.473 e. The van der Waals surface area contributed by atoms with Crippen LogP contribution in [0.2, 0.25) is 0 Å². The Morgan fingerprint density at radius 1 is 1.18 bits per heavy atom. The van der Waals surface area contributed by atoms with Crippen molar-refractivity contribution in [2.45, 2.75) is 6.61 Å². The zero-order valence-electron chi connectivity index (χ0n) is 8.93. The van der Waals surface area contributed by atoms with E-state index in [0.29, 0.717) is 11.4 Å². The average molecular weight is 228 g/mol. The van der Waals surface area contributed by atoms with Crippen molar-refractivity contribution in [3.63, 3.8) is 0 Å². The minimum absolute atomic E-state index is 0.0918. The number of halogens is 1. The maximum Gasteiger partial charge on any atom is 0.214 e. The van der Waals surface area contributed by atoms with Gasteiger partial charge < -0.3 is 4.74 Å². The molecule has 0 radical (unpaired) electrons. The summed E-state index contributed by atoms with van der Waals surface area (Å²) < 4.78 is 18.6. The van der Waals surface area contributed by atoms with Gasteiger partial charge in [0, 0.05) is 11.6 Å². The molecule has 0 N–H and O–H groups in total. The molecule has 0 aliphatic rings. The van der Waals surface area contributed by atoms with Crippen LogP contribution in [0.4, 0.5) is 4.39 Å². The molecule has 0 aliphatic heterocycles. The predicted octanol–water partition coefficient (Wildman–Crippen LogP) is 2.67. The molecule has 0 saturated carbocycles. The first-order valence-electron chi connectivity index (χ1n) is 5.03. The summed E-state index contributed by atoms with van der Waals surface area (Å²) in [6.07, 6.45) is 0. The van der Waals surface area contributed by atoms with Crippen LogP contribution in [-0.4, -0.2) is 4.98 Å². The van der Waals surface area contributed by atoms with Gasteiger partial charge in [-0.1, -0.05) is 24.3 Å². The molecule has 17 heavy (non-hydrogen) atoms. The van der Waals surface area contributed by atoms with E-state index in [1.54, 1.807) is 36.4 Å². The zero-order chi connectivity index (χ0) is 12.1. The molecule has 0 bridgehead atoms. The summed E-state index contributed by atoms with van der Waals surface area (Å²) in [6.45, 7) is 0.0918. The molecule has 1 heterocycles. The van der Waals surface area contributed by atoms with Gasteiger partial charge in [0.2, 0.25) is 5.88 Å². The molecule has 2 rings (SSSR count). The van der Waals surface area contributed by atoms with Crippen molar-refractivity contribution in [2.24, 2.45) is 0 Å². The Morgan fingerprint density at radius 3 is 2.76 bits per heavy atom. The lowest BCUT2D eigenvalue weighted by Gasteiger charge is -2.05. The highest BCUT2D eigenvalue weighted by molar-refractivity contribution is 5.25. The number of nitriles is 1. The quantitative estimate of drug-likeness (QED) is 0.811. The molecule has 1 aromatic heterocycles. The molecule has 0 unspecified atom stereocenters. The zero-order valence-corrected chi connectivity index (χ0v) is 8.93. The minimum atomic E-state index is -0.316. The van der Waals surface area contributed by atoms with Crippen molar-refractivity contribution in [1.29, 1.82) is 5.26 Å². The van der Waals surface area contributed by atoms with Crippen molar-refractivity contribution < 1.29 is 9.13 Å². The van der Waals surface area contributed by atoms with E-state index >= 15 is 0 Å². The van der Waals surface area contributed by atoms with Crippen LogP contribution in [-0.2, 0) is 6.61 Å². The summed E-state index contributed by atoms with van der Waals surface area (Å²) in [5, 5.41) is 8.66. The molecule has 2 aromatic rings. The lowest BCUT2D eigenvalue weighted by atomic mass is 10.2. The summed E-state index contributed by atoms with van der Waals surface area (Å²) in [5.74, 6) is -0.00348. The third kappa shape index (κ3) is 2.79. The van der Waals surface area contributed by atoms with Gasteiger partial charge in [-0.2, -0.15) is 5.26 Å². The van der Waals surface area contributed by atoms with E-state index in [-0.39, 0.29) is 18.1 Å². The van der Waals surface area contributed by atoms with Crippen molar-refractivity contribution in [1.82, 2.24) is 4.98 Å². The van der Waals surface area contributed by atoms with Crippen LogP contribution in [0.1, 0.15) is 11.3 Å². The number of ether oxygens (including phenoxy) is 1. The summed E-state index contributed by atoms with van der Waals surface area (Å²) in [6, 6.07) is 13.2. The van der Waals surface area contributed by atoms with E-state index in [0.717, 1.165) is 0 Å². The number of pyridine rings is 1. The van der Waals surface area contributed by atoms with Crippen LogP contribution < -0.4 is 4.74 Å². The average Bonchev–Trinajstić information content (AvgIpc) is 2.38. The standard InChI is InChI=1S/C13H9FN2O/c14-12-6-2-1-4-10(12)9-17-13-7-3-5-11(8-15)16-13/h1-7H,9H2. The molecule has 0 amide bonds. The highest BCUT2D eigenvalue weighted by Crippen LogP contribution is 2.12. The topological polar surface area (TPSA) is 45.9 Å². The van der Waals surface area contributed by atoms with Crippen molar-refractivity contribution in [2.75, 3.05) is 0 Å². The first-order chi connectivity index (χ1) is 8.29. The molecule has 3 nitrogen and oxygen atoms in total. The smallest absolute Gasteiger partial charge is 0.214 e. The number of rotatable bonds is 3. The molecule has 84 valence electrons. The molecule has 1 aromatic carbocycles. The third-order valence-electron chi connectivity index (χ3n) is 2.17. The van der Waals surface area contributed by atoms with Crippen LogP contribution in [0.25, 0.3) is 0 Å². The Bertz CT molecular complexity index is 563. The molecule has 0 aliphatic carbocycles. The first-order valence-corrected chi connectivity index (χ1v) is 5.03. The number of benzene rings is 1. The van der Waals surface area contributed by atoms with E-state index in [4.69, 9.17) is 10.00 Å².